The van der Waals surface area contributed by atoms with Gasteiger partial charge in [0, 0.05) is 12.1 Å². The maximum Gasteiger partial charge on any atom is 0.126 e. The van der Waals surface area contributed by atoms with Crippen molar-refractivity contribution in [1.82, 2.24) is 4.98 Å². The van der Waals surface area contributed by atoms with Crippen molar-refractivity contribution < 1.29 is 4.74 Å². The Morgan fingerprint density at radius 1 is 1.20 bits per heavy atom. The van der Waals surface area contributed by atoms with E-state index < -0.39 is 0 Å². The first-order valence-electron chi connectivity index (χ1n) is 7.33. The highest BCUT2D eigenvalue weighted by molar-refractivity contribution is 5.63. The number of aromatic nitrogens is 1. The molecule has 3 nitrogen and oxygen atoms in total. The second kappa shape index (κ2) is 5.95. The first kappa shape index (κ1) is 13.0. The second-order valence-corrected chi connectivity index (χ2v) is 5.18. The molecule has 0 saturated heterocycles. The van der Waals surface area contributed by atoms with E-state index in [0.29, 0.717) is 6.10 Å². The zero-order valence-corrected chi connectivity index (χ0v) is 11.8. The van der Waals surface area contributed by atoms with E-state index in [1.54, 1.807) is 0 Å². The summed E-state index contributed by atoms with van der Waals surface area (Å²) in [6.45, 7) is 3.09. The number of nitrogens with one attached hydrogen (secondary N) is 1. The molecule has 1 fully saturated rings. The van der Waals surface area contributed by atoms with Crippen LogP contribution in [0.15, 0.2) is 42.5 Å². The van der Waals surface area contributed by atoms with Crippen LogP contribution in [0.5, 0.6) is 5.75 Å². The molecular weight excluding hydrogens is 248 g/mol. The van der Waals surface area contributed by atoms with Crippen molar-refractivity contribution in [1.29, 1.82) is 0 Å². The molecule has 2 aromatic rings. The summed E-state index contributed by atoms with van der Waals surface area (Å²) in [6, 6.07) is 14.3. The summed E-state index contributed by atoms with van der Waals surface area (Å²) in [4.78, 5) is 4.65. The highest BCUT2D eigenvalue weighted by Crippen LogP contribution is 2.29. The summed E-state index contributed by atoms with van der Waals surface area (Å²) in [7, 11) is 0. The molecule has 0 amide bonds. The van der Waals surface area contributed by atoms with E-state index in [-0.39, 0.29) is 0 Å². The number of benzene rings is 1. The minimum absolute atomic E-state index is 0.427. The van der Waals surface area contributed by atoms with Crippen LogP contribution in [-0.2, 0) is 0 Å². The fraction of sp³-hybridized carbons (Fsp3) is 0.353. The van der Waals surface area contributed by atoms with Crippen molar-refractivity contribution in [2.45, 2.75) is 32.3 Å². The molecule has 3 heteroatoms. The van der Waals surface area contributed by atoms with Gasteiger partial charge in [-0.15, -0.1) is 0 Å². The summed E-state index contributed by atoms with van der Waals surface area (Å²) >= 11 is 0. The Kier molecular flexibility index (Phi) is 3.86. The quantitative estimate of drug-likeness (QED) is 0.856. The van der Waals surface area contributed by atoms with Crippen LogP contribution in [0, 0.1) is 0 Å². The second-order valence-electron chi connectivity index (χ2n) is 5.18. The van der Waals surface area contributed by atoms with E-state index in [0.717, 1.165) is 35.8 Å². The molecular formula is C17H20N2O. The Balaban J connectivity index is 1.80. The molecule has 1 heterocycles. The van der Waals surface area contributed by atoms with Gasteiger partial charge in [0.15, 0.2) is 0 Å². The average Bonchev–Trinajstić information content (AvgIpc) is 3.30. The van der Waals surface area contributed by atoms with Gasteiger partial charge in [-0.25, -0.2) is 4.98 Å². The molecule has 1 aromatic heterocycles. The van der Waals surface area contributed by atoms with Crippen molar-refractivity contribution in [2.75, 3.05) is 11.9 Å². The van der Waals surface area contributed by atoms with Crippen molar-refractivity contribution in [3.8, 4) is 17.0 Å². The zero-order chi connectivity index (χ0) is 13.8. The van der Waals surface area contributed by atoms with E-state index in [9.17, 15) is 0 Å². The topological polar surface area (TPSA) is 34.1 Å². The molecule has 0 spiro atoms. The number of ether oxygens (including phenoxy) is 1. The van der Waals surface area contributed by atoms with Gasteiger partial charge >= 0.3 is 0 Å². The molecule has 0 unspecified atom stereocenters. The van der Waals surface area contributed by atoms with Crippen molar-refractivity contribution in [2.24, 2.45) is 0 Å². The maximum atomic E-state index is 5.84. The van der Waals surface area contributed by atoms with Gasteiger partial charge in [0.05, 0.1) is 11.8 Å². The van der Waals surface area contributed by atoms with Gasteiger partial charge in [0.2, 0.25) is 0 Å². The molecule has 0 bridgehead atoms. The third-order valence-electron chi connectivity index (χ3n) is 3.26. The number of hydrogen-bond acceptors (Lipinski definition) is 3. The molecule has 1 N–H and O–H groups in total. The van der Waals surface area contributed by atoms with E-state index >= 15 is 0 Å². The van der Waals surface area contributed by atoms with Gasteiger partial charge in [0.25, 0.3) is 0 Å². The lowest BCUT2D eigenvalue weighted by Crippen LogP contribution is -2.02. The third-order valence-corrected chi connectivity index (χ3v) is 3.26. The van der Waals surface area contributed by atoms with Crippen LogP contribution in [-0.4, -0.2) is 17.6 Å². The number of rotatable bonds is 6. The molecule has 0 radical (unpaired) electrons. The van der Waals surface area contributed by atoms with Gasteiger partial charge in [0.1, 0.15) is 11.6 Å². The summed E-state index contributed by atoms with van der Waals surface area (Å²) in [5, 5.41) is 3.32. The molecule has 1 aliphatic carbocycles. The number of pyridine rings is 1. The third kappa shape index (κ3) is 3.29. The Bertz CT molecular complexity index is 579. The fourth-order valence-electron chi connectivity index (χ4n) is 2.05. The van der Waals surface area contributed by atoms with Crippen LogP contribution in [0.3, 0.4) is 0 Å². The molecule has 1 aromatic carbocycles. The van der Waals surface area contributed by atoms with Crippen LogP contribution in [0.2, 0.25) is 0 Å². The molecule has 3 rings (SSSR count). The fourth-order valence-corrected chi connectivity index (χ4v) is 2.05. The van der Waals surface area contributed by atoms with Crippen molar-refractivity contribution in [3.05, 3.63) is 42.5 Å². The predicted molar refractivity (Wildman–Crippen MR) is 82.1 cm³/mol. The lowest BCUT2D eigenvalue weighted by atomic mass is 10.1. The van der Waals surface area contributed by atoms with Gasteiger partial charge in [-0.05, 0) is 43.5 Å². The first-order chi connectivity index (χ1) is 9.85. The molecule has 1 aliphatic rings. The van der Waals surface area contributed by atoms with Crippen molar-refractivity contribution in [3.63, 3.8) is 0 Å². The lowest BCUT2D eigenvalue weighted by Gasteiger charge is -2.08. The average molecular weight is 268 g/mol. The standard InChI is InChI=1S/C17H20N2O/c1-2-11-18-17-8-4-7-16(19-17)13-5-3-6-15(12-13)20-14-9-10-14/h3-8,12,14H,2,9-11H2,1H3,(H,18,19). The minimum Gasteiger partial charge on any atom is -0.490 e. The molecule has 20 heavy (non-hydrogen) atoms. The van der Waals surface area contributed by atoms with Crippen LogP contribution in [0.4, 0.5) is 5.82 Å². The predicted octanol–water partition coefficient (Wildman–Crippen LogP) is 4.11. The van der Waals surface area contributed by atoms with Crippen LogP contribution < -0.4 is 10.1 Å². The normalized spacial score (nSPS) is 14.1. The minimum atomic E-state index is 0.427. The molecule has 0 atom stereocenters. The number of nitrogens with zero attached hydrogens (tertiary/aromatic N) is 1. The van der Waals surface area contributed by atoms with E-state index in [1.165, 1.54) is 12.8 Å². The number of anilines is 1. The van der Waals surface area contributed by atoms with E-state index in [2.05, 4.69) is 29.4 Å². The largest absolute Gasteiger partial charge is 0.490 e. The molecule has 1 saturated carbocycles. The smallest absolute Gasteiger partial charge is 0.126 e. The van der Waals surface area contributed by atoms with Gasteiger partial charge in [-0.2, -0.15) is 0 Å². The van der Waals surface area contributed by atoms with E-state index in [4.69, 9.17) is 4.74 Å². The lowest BCUT2D eigenvalue weighted by molar-refractivity contribution is 0.303. The van der Waals surface area contributed by atoms with Crippen molar-refractivity contribution >= 4 is 5.82 Å². The SMILES string of the molecule is CCCNc1cccc(-c2cccc(OC3CC3)c2)n1. The number of hydrogen-bond donors (Lipinski definition) is 1. The summed E-state index contributed by atoms with van der Waals surface area (Å²) in [5.74, 6) is 1.87. The first-order valence-corrected chi connectivity index (χ1v) is 7.33. The van der Waals surface area contributed by atoms with Gasteiger partial charge in [-0.3, -0.25) is 0 Å². The van der Waals surface area contributed by atoms with Gasteiger partial charge in [-0.1, -0.05) is 25.1 Å². The maximum absolute atomic E-state index is 5.84. The summed E-state index contributed by atoms with van der Waals surface area (Å²) < 4.78 is 5.84. The van der Waals surface area contributed by atoms with Crippen LogP contribution in [0.1, 0.15) is 26.2 Å². The Morgan fingerprint density at radius 2 is 2.05 bits per heavy atom. The highest BCUT2D eigenvalue weighted by atomic mass is 16.5. The zero-order valence-electron chi connectivity index (χ0n) is 11.8. The monoisotopic (exact) mass is 268 g/mol. The molecule has 104 valence electrons. The molecule has 0 aliphatic heterocycles. The Labute approximate surface area is 120 Å². The van der Waals surface area contributed by atoms with Crippen LogP contribution in [0.25, 0.3) is 11.3 Å². The Morgan fingerprint density at radius 3 is 2.85 bits per heavy atom. The highest BCUT2D eigenvalue weighted by Gasteiger charge is 2.23. The summed E-state index contributed by atoms with van der Waals surface area (Å²) in [5.41, 5.74) is 2.08. The van der Waals surface area contributed by atoms with E-state index in [1.807, 2.05) is 30.3 Å². The Hall–Kier alpha value is -2.03. The summed E-state index contributed by atoms with van der Waals surface area (Å²) in [6.07, 6.45) is 3.88. The van der Waals surface area contributed by atoms with Gasteiger partial charge < -0.3 is 10.1 Å². The van der Waals surface area contributed by atoms with Crippen LogP contribution >= 0.6 is 0 Å².